The summed E-state index contributed by atoms with van der Waals surface area (Å²) in [6.45, 7) is 0. The number of hydrogen-bond donors (Lipinski definition) is 1. The molecule has 0 radical (unpaired) electrons. The van der Waals surface area contributed by atoms with Crippen LogP contribution in [0.5, 0.6) is 11.5 Å². The molecule has 0 saturated carbocycles. The third-order valence-electron chi connectivity index (χ3n) is 3.38. The fourth-order valence-corrected chi connectivity index (χ4v) is 2.21. The average Bonchev–Trinajstić information content (AvgIpc) is 2.91. The minimum atomic E-state index is -0.489. The first kappa shape index (κ1) is 14.8. The van der Waals surface area contributed by atoms with Crippen LogP contribution in [0.1, 0.15) is 11.1 Å². The van der Waals surface area contributed by atoms with Gasteiger partial charge in [0, 0.05) is 5.56 Å². The van der Waals surface area contributed by atoms with Gasteiger partial charge >= 0.3 is 5.97 Å². The monoisotopic (exact) mass is 312 g/mol. The summed E-state index contributed by atoms with van der Waals surface area (Å²) in [4.78, 5) is 12.0. The number of carbonyl (C=O) groups excluding carboxylic acids is 1. The highest BCUT2D eigenvalue weighted by Crippen LogP contribution is 2.30. The summed E-state index contributed by atoms with van der Waals surface area (Å²) in [5.74, 6) is -0.145. The van der Waals surface area contributed by atoms with E-state index in [1.165, 1.54) is 25.3 Å². The van der Waals surface area contributed by atoms with E-state index in [4.69, 9.17) is 9.47 Å². The van der Waals surface area contributed by atoms with E-state index in [-0.39, 0.29) is 11.6 Å². The van der Waals surface area contributed by atoms with Crippen molar-refractivity contribution in [2.45, 2.75) is 0 Å². The Bertz CT molecular complexity index is 819. The van der Waals surface area contributed by atoms with Gasteiger partial charge in [0.05, 0.1) is 12.7 Å². The van der Waals surface area contributed by atoms with Gasteiger partial charge in [-0.25, -0.2) is 9.18 Å². The van der Waals surface area contributed by atoms with E-state index in [9.17, 15) is 14.3 Å². The second-order valence-electron chi connectivity index (χ2n) is 4.94. The highest BCUT2D eigenvalue weighted by atomic mass is 19.1. The molecule has 3 rings (SSSR count). The lowest BCUT2D eigenvalue weighted by atomic mass is 10.1. The van der Waals surface area contributed by atoms with Gasteiger partial charge in [-0.3, -0.25) is 0 Å². The molecular formula is C18H13FO4. The third kappa shape index (κ3) is 3.08. The topological polar surface area (TPSA) is 55.8 Å². The molecular weight excluding hydrogens is 299 g/mol. The normalized spacial score (nSPS) is 15.5. The number of rotatable bonds is 3. The molecule has 1 aliphatic heterocycles. The summed E-state index contributed by atoms with van der Waals surface area (Å²) in [5.41, 5.74) is 1.66. The van der Waals surface area contributed by atoms with Gasteiger partial charge in [0.1, 0.15) is 11.6 Å². The molecule has 2 aromatic rings. The van der Waals surface area contributed by atoms with Crippen LogP contribution in [0.15, 0.2) is 54.1 Å². The lowest BCUT2D eigenvalue weighted by molar-refractivity contribution is -0.130. The molecule has 0 unspecified atom stereocenters. The van der Waals surface area contributed by atoms with Crippen LogP contribution in [0.25, 0.3) is 11.8 Å². The molecule has 0 aliphatic carbocycles. The minimum Gasteiger partial charge on any atom is -0.504 e. The first-order valence-corrected chi connectivity index (χ1v) is 6.85. The van der Waals surface area contributed by atoms with Crippen LogP contribution < -0.4 is 4.74 Å². The number of phenolic OH excluding ortho intramolecular Hbond substituents is 1. The molecule has 1 N–H and O–H groups in total. The summed E-state index contributed by atoms with van der Waals surface area (Å²) in [7, 11) is 1.45. The van der Waals surface area contributed by atoms with E-state index >= 15 is 0 Å². The van der Waals surface area contributed by atoms with E-state index < -0.39 is 5.97 Å². The van der Waals surface area contributed by atoms with Crippen molar-refractivity contribution in [1.82, 2.24) is 0 Å². The van der Waals surface area contributed by atoms with E-state index in [1.807, 2.05) is 0 Å². The summed E-state index contributed by atoms with van der Waals surface area (Å²) in [6, 6.07) is 10.4. The van der Waals surface area contributed by atoms with Crippen molar-refractivity contribution in [3.63, 3.8) is 0 Å². The molecule has 1 heterocycles. The molecule has 0 atom stereocenters. The maximum atomic E-state index is 12.9. The van der Waals surface area contributed by atoms with Crippen LogP contribution in [-0.4, -0.2) is 18.2 Å². The number of hydrogen-bond acceptors (Lipinski definition) is 4. The Morgan fingerprint density at radius 2 is 1.91 bits per heavy atom. The van der Waals surface area contributed by atoms with E-state index in [1.54, 1.807) is 36.4 Å². The Morgan fingerprint density at radius 3 is 2.61 bits per heavy atom. The van der Waals surface area contributed by atoms with E-state index in [0.717, 1.165) is 0 Å². The second kappa shape index (κ2) is 5.96. The van der Waals surface area contributed by atoms with Crippen LogP contribution in [0, 0.1) is 5.82 Å². The van der Waals surface area contributed by atoms with Crippen molar-refractivity contribution < 1.29 is 23.8 Å². The number of aromatic hydroxyl groups is 1. The Kier molecular flexibility index (Phi) is 3.85. The Balaban J connectivity index is 1.93. The molecule has 4 nitrogen and oxygen atoms in total. The fraction of sp³-hybridized carbons (Fsp3) is 0.0556. The standard InChI is InChI=1S/C18H13FO4/c1-22-17-9-11(2-7-15(17)20)8-13-10-16(23-18(13)21)12-3-5-14(19)6-4-12/h2-10,20H,1H3/b13-8+. The number of methoxy groups -OCH3 is 1. The number of cyclic esters (lactones) is 1. The fourth-order valence-electron chi connectivity index (χ4n) is 2.21. The van der Waals surface area contributed by atoms with Gasteiger partial charge in [-0.05, 0) is 54.1 Å². The van der Waals surface area contributed by atoms with Crippen LogP contribution in [0.4, 0.5) is 4.39 Å². The van der Waals surface area contributed by atoms with Crippen molar-refractivity contribution in [2.24, 2.45) is 0 Å². The largest absolute Gasteiger partial charge is 0.504 e. The summed E-state index contributed by atoms with van der Waals surface area (Å²) in [5, 5.41) is 9.58. The van der Waals surface area contributed by atoms with Crippen molar-refractivity contribution in [2.75, 3.05) is 7.11 Å². The van der Waals surface area contributed by atoms with Crippen LogP contribution in [-0.2, 0) is 9.53 Å². The van der Waals surface area contributed by atoms with Crippen LogP contribution >= 0.6 is 0 Å². The minimum absolute atomic E-state index is 0.0196. The smallest absolute Gasteiger partial charge is 0.343 e. The zero-order valence-electron chi connectivity index (χ0n) is 12.2. The zero-order valence-corrected chi connectivity index (χ0v) is 12.2. The Labute approximate surface area is 132 Å². The molecule has 0 spiro atoms. The molecule has 0 bridgehead atoms. The number of halogens is 1. The quantitative estimate of drug-likeness (QED) is 0.696. The lowest BCUT2D eigenvalue weighted by Gasteiger charge is -2.03. The van der Waals surface area contributed by atoms with Gasteiger partial charge in [-0.2, -0.15) is 0 Å². The third-order valence-corrected chi connectivity index (χ3v) is 3.38. The van der Waals surface area contributed by atoms with Gasteiger partial charge in [-0.1, -0.05) is 6.07 Å². The molecule has 0 saturated heterocycles. The molecule has 0 aromatic heterocycles. The zero-order chi connectivity index (χ0) is 16.4. The maximum absolute atomic E-state index is 12.9. The van der Waals surface area contributed by atoms with E-state index in [2.05, 4.69) is 0 Å². The van der Waals surface area contributed by atoms with Gasteiger partial charge in [0.2, 0.25) is 0 Å². The van der Waals surface area contributed by atoms with Gasteiger partial charge in [-0.15, -0.1) is 0 Å². The van der Waals surface area contributed by atoms with Crippen molar-refractivity contribution >= 4 is 17.8 Å². The highest BCUT2D eigenvalue weighted by Gasteiger charge is 2.22. The van der Waals surface area contributed by atoms with Crippen molar-refractivity contribution in [3.05, 3.63) is 71.1 Å². The maximum Gasteiger partial charge on any atom is 0.343 e. The second-order valence-corrected chi connectivity index (χ2v) is 4.94. The molecule has 116 valence electrons. The molecule has 23 heavy (non-hydrogen) atoms. The predicted molar refractivity (Wildman–Crippen MR) is 83.1 cm³/mol. The predicted octanol–water partition coefficient (Wildman–Crippen LogP) is 3.52. The first-order valence-electron chi connectivity index (χ1n) is 6.85. The Hall–Kier alpha value is -3.08. The van der Waals surface area contributed by atoms with Gasteiger partial charge < -0.3 is 14.6 Å². The molecule has 2 aromatic carbocycles. The summed E-state index contributed by atoms with van der Waals surface area (Å²) >= 11 is 0. The van der Waals surface area contributed by atoms with Crippen LogP contribution in [0.2, 0.25) is 0 Å². The van der Waals surface area contributed by atoms with Crippen molar-refractivity contribution in [1.29, 1.82) is 0 Å². The first-order chi connectivity index (χ1) is 11.1. The molecule has 0 fully saturated rings. The molecule has 0 amide bonds. The van der Waals surface area contributed by atoms with Crippen LogP contribution in [0.3, 0.4) is 0 Å². The summed E-state index contributed by atoms with van der Waals surface area (Å²) < 4.78 is 23.2. The molecule has 1 aliphatic rings. The number of esters is 1. The SMILES string of the molecule is COc1cc(/C=C2\C=C(c3ccc(F)cc3)OC2=O)ccc1O. The van der Waals surface area contributed by atoms with Gasteiger partial charge in [0.25, 0.3) is 0 Å². The summed E-state index contributed by atoms with van der Waals surface area (Å²) in [6.07, 6.45) is 3.22. The Morgan fingerprint density at radius 1 is 1.17 bits per heavy atom. The van der Waals surface area contributed by atoms with E-state index in [0.29, 0.717) is 28.2 Å². The average molecular weight is 312 g/mol. The van der Waals surface area contributed by atoms with Gasteiger partial charge in [0.15, 0.2) is 11.5 Å². The number of ether oxygens (including phenoxy) is 2. The molecule has 5 heteroatoms. The number of carbonyl (C=O) groups is 1. The lowest BCUT2D eigenvalue weighted by Crippen LogP contribution is -1.97. The van der Waals surface area contributed by atoms with Crippen molar-refractivity contribution in [3.8, 4) is 11.5 Å². The number of phenols is 1. The highest BCUT2D eigenvalue weighted by molar-refractivity contribution is 6.05. The number of benzene rings is 2.